The molecule has 0 saturated heterocycles. The molecule has 1 aromatic rings. The molecule has 0 N–H and O–H groups in total. The van der Waals surface area contributed by atoms with Crippen LogP contribution in [0.2, 0.25) is 0 Å². The Morgan fingerprint density at radius 1 is 1.21 bits per heavy atom. The van der Waals surface area contributed by atoms with Crippen LogP contribution < -0.4 is 4.74 Å². The van der Waals surface area contributed by atoms with Gasteiger partial charge in [0.25, 0.3) is 0 Å². The number of hydrogen-bond donors (Lipinski definition) is 0. The summed E-state index contributed by atoms with van der Waals surface area (Å²) < 4.78 is 5.77. The van der Waals surface area contributed by atoms with Crippen LogP contribution in [-0.2, 0) is 0 Å². The summed E-state index contributed by atoms with van der Waals surface area (Å²) in [5.74, 6) is 0.947. The van der Waals surface area contributed by atoms with Gasteiger partial charge in [0.05, 0.1) is 10.3 Å². The monoisotopic (exact) mass is 320 g/mol. The van der Waals surface area contributed by atoms with E-state index < -0.39 is 0 Å². The summed E-state index contributed by atoms with van der Waals surface area (Å²) in [6.45, 7) is 2.97. The molecule has 0 radical (unpaired) electrons. The maximum Gasteiger partial charge on any atom is 0.119 e. The Balaban J connectivity index is 2.47. The van der Waals surface area contributed by atoms with Crippen LogP contribution >= 0.6 is 31.9 Å². The fraction of sp³-hybridized carbons (Fsp3) is 0.455. The Morgan fingerprint density at radius 3 is 2.36 bits per heavy atom. The van der Waals surface area contributed by atoms with Gasteiger partial charge in [-0.3, -0.25) is 0 Å². The summed E-state index contributed by atoms with van der Waals surface area (Å²) in [5.41, 5.74) is 1.20. The molecular weight excluding hydrogens is 308 g/mol. The van der Waals surface area contributed by atoms with E-state index in [4.69, 9.17) is 4.74 Å². The van der Waals surface area contributed by atoms with Gasteiger partial charge in [-0.1, -0.05) is 57.3 Å². The molecule has 0 aromatic heterocycles. The van der Waals surface area contributed by atoms with E-state index >= 15 is 0 Å². The van der Waals surface area contributed by atoms with Gasteiger partial charge >= 0.3 is 0 Å². The molecule has 0 bridgehead atoms. The number of hydrogen-bond acceptors (Lipinski definition) is 1. The lowest BCUT2D eigenvalue weighted by Crippen LogP contribution is -1.96. The number of unbranched alkanes of at least 4 members (excludes halogenated alkanes) is 1. The predicted octanol–water partition coefficient (Wildman–Crippen LogP) is 4.65. The fourth-order valence-corrected chi connectivity index (χ4v) is 1.65. The van der Waals surface area contributed by atoms with Crippen LogP contribution in [0.25, 0.3) is 0 Å². The van der Waals surface area contributed by atoms with Crippen molar-refractivity contribution in [3.63, 3.8) is 0 Å². The van der Waals surface area contributed by atoms with Crippen LogP contribution in [0.1, 0.15) is 29.1 Å². The standard InChI is InChI=1S/C11H14Br2O/c1-2-3-8-14-10-6-4-9(5-7-10)11(12)13/h4-7,11H,2-3,8H2,1H3. The highest BCUT2D eigenvalue weighted by molar-refractivity contribution is 9.24. The lowest BCUT2D eigenvalue weighted by atomic mass is 10.2. The van der Waals surface area contributed by atoms with Crippen LogP contribution in [0.3, 0.4) is 0 Å². The Bertz CT molecular complexity index is 256. The highest BCUT2D eigenvalue weighted by atomic mass is 79.9. The van der Waals surface area contributed by atoms with Crippen LogP contribution in [0, 0.1) is 0 Å². The lowest BCUT2D eigenvalue weighted by Gasteiger charge is -2.06. The first-order valence-corrected chi connectivity index (χ1v) is 6.58. The van der Waals surface area contributed by atoms with E-state index in [9.17, 15) is 0 Å². The fourth-order valence-electron chi connectivity index (χ4n) is 1.04. The van der Waals surface area contributed by atoms with Gasteiger partial charge in [0.1, 0.15) is 5.75 Å². The van der Waals surface area contributed by atoms with Crippen molar-refractivity contribution in [1.29, 1.82) is 0 Å². The van der Waals surface area contributed by atoms with Gasteiger partial charge in [-0.2, -0.15) is 0 Å². The SMILES string of the molecule is CCCCOc1ccc(C(Br)Br)cc1. The summed E-state index contributed by atoms with van der Waals surface area (Å²) in [7, 11) is 0. The van der Waals surface area contributed by atoms with Crippen molar-refractivity contribution in [3.8, 4) is 5.75 Å². The summed E-state index contributed by atoms with van der Waals surface area (Å²) in [6.07, 6.45) is 2.28. The minimum atomic E-state index is 0.222. The minimum Gasteiger partial charge on any atom is -0.494 e. The third kappa shape index (κ3) is 4.01. The zero-order chi connectivity index (χ0) is 10.4. The molecule has 0 aliphatic heterocycles. The molecule has 3 heteroatoms. The van der Waals surface area contributed by atoms with Gasteiger partial charge in [0, 0.05) is 0 Å². The lowest BCUT2D eigenvalue weighted by molar-refractivity contribution is 0.309. The predicted molar refractivity (Wildman–Crippen MR) is 67.4 cm³/mol. The van der Waals surface area contributed by atoms with E-state index in [0.29, 0.717) is 0 Å². The highest BCUT2D eigenvalue weighted by Gasteiger charge is 2.01. The van der Waals surface area contributed by atoms with Crippen molar-refractivity contribution in [3.05, 3.63) is 29.8 Å². The second-order valence-corrected chi connectivity index (χ2v) is 6.13. The van der Waals surface area contributed by atoms with Crippen molar-refractivity contribution >= 4 is 31.9 Å². The number of rotatable bonds is 5. The molecular formula is C11H14Br2O. The van der Waals surface area contributed by atoms with Crippen LogP contribution in [-0.4, -0.2) is 6.61 Å². The van der Waals surface area contributed by atoms with Crippen LogP contribution in [0.15, 0.2) is 24.3 Å². The summed E-state index contributed by atoms with van der Waals surface area (Å²) in [6, 6.07) is 8.10. The summed E-state index contributed by atoms with van der Waals surface area (Å²) >= 11 is 6.89. The smallest absolute Gasteiger partial charge is 0.119 e. The first kappa shape index (κ1) is 12.1. The van der Waals surface area contributed by atoms with Gasteiger partial charge in [-0.05, 0) is 24.1 Å². The molecule has 0 spiro atoms. The molecule has 1 nitrogen and oxygen atoms in total. The molecule has 78 valence electrons. The number of ether oxygens (including phenoxy) is 1. The number of benzene rings is 1. The average molecular weight is 322 g/mol. The summed E-state index contributed by atoms with van der Waals surface area (Å²) in [4.78, 5) is 0. The maximum absolute atomic E-state index is 5.55. The van der Waals surface area contributed by atoms with E-state index in [1.807, 2.05) is 12.1 Å². The van der Waals surface area contributed by atoms with Gasteiger partial charge in [-0.25, -0.2) is 0 Å². The van der Waals surface area contributed by atoms with Gasteiger partial charge in [-0.15, -0.1) is 0 Å². The minimum absolute atomic E-state index is 0.222. The Hall–Kier alpha value is -0.0200. The second-order valence-electron chi connectivity index (χ2n) is 3.07. The van der Waals surface area contributed by atoms with Crippen molar-refractivity contribution < 1.29 is 4.74 Å². The van der Waals surface area contributed by atoms with Crippen molar-refractivity contribution in [2.24, 2.45) is 0 Å². The largest absolute Gasteiger partial charge is 0.494 e. The first-order valence-electron chi connectivity index (χ1n) is 4.75. The Kier molecular flexibility index (Phi) is 5.56. The number of halogens is 2. The zero-order valence-electron chi connectivity index (χ0n) is 8.17. The quantitative estimate of drug-likeness (QED) is 0.566. The maximum atomic E-state index is 5.55. The molecule has 1 aromatic carbocycles. The Morgan fingerprint density at radius 2 is 1.86 bits per heavy atom. The first-order chi connectivity index (χ1) is 6.74. The van der Waals surface area contributed by atoms with Crippen molar-refractivity contribution in [1.82, 2.24) is 0 Å². The van der Waals surface area contributed by atoms with Gasteiger partial charge in [0.15, 0.2) is 0 Å². The molecule has 0 saturated carbocycles. The number of alkyl halides is 2. The van der Waals surface area contributed by atoms with Crippen LogP contribution in [0.5, 0.6) is 5.75 Å². The van der Waals surface area contributed by atoms with E-state index in [1.54, 1.807) is 0 Å². The molecule has 0 amide bonds. The third-order valence-electron chi connectivity index (χ3n) is 1.90. The molecule has 0 atom stereocenters. The topological polar surface area (TPSA) is 9.23 Å². The van der Waals surface area contributed by atoms with E-state index in [-0.39, 0.29) is 3.74 Å². The van der Waals surface area contributed by atoms with Gasteiger partial charge in [0.2, 0.25) is 0 Å². The molecule has 0 unspecified atom stereocenters. The second kappa shape index (κ2) is 6.46. The molecule has 0 aliphatic carbocycles. The molecule has 0 fully saturated rings. The van der Waals surface area contributed by atoms with Crippen molar-refractivity contribution in [2.75, 3.05) is 6.61 Å². The van der Waals surface area contributed by atoms with Crippen molar-refractivity contribution in [2.45, 2.75) is 23.5 Å². The normalized spacial score (nSPS) is 10.6. The molecule has 0 heterocycles. The Labute approximate surface area is 102 Å². The van der Waals surface area contributed by atoms with Crippen LogP contribution in [0.4, 0.5) is 0 Å². The highest BCUT2D eigenvalue weighted by Crippen LogP contribution is 2.29. The van der Waals surface area contributed by atoms with E-state index in [0.717, 1.165) is 18.8 Å². The van der Waals surface area contributed by atoms with Gasteiger partial charge < -0.3 is 4.74 Å². The molecule has 1 rings (SSSR count). The summed E-state index contributed by atoms with van der Waals surface area (Å²) in [5, 5.41) is 0. The molecule has 14 heavy (non-hydrogen) atoms. The zero-order valence-corrected chi connectivity index (χ0v) is 11.3. The molecule has 0 aliphatic rings. The third-order valence-corrected chi connectivity index (χ3v) is 2.96. The average Bonchev–Trinajstić information content (AvgIpc) is 2.19. The van der Waals surface area contributed by atoms with E-state index in [1.165, 1.54) is 12.0 Å². The van der Waals surface area contributed by atoms with E-state index in [2.05, 4.69) is 50.9 Å².